The number of nitrogens with zero attached hydrogens (tertiary/aromatic N) is 2. The molecule has 9 nitrogen and oxygen atoms in total. The van der Waals surface area contributed by atoms with Gasteiger partial charge in [0.05, 0.1) is 11.0 Å². The second-order valence-corrected chi connectivity index (χ2v) is 7.86. The number of aromatic nitrogens is 2. The van der Waals surface area contributed by atoms with Crippen LogP contribution in [0.2, 0.25) is 0 Å². The summed E-state index contributed by atoms with van der Waals surface area (Å²) in [5, 5.41) is 18.4. The summed E-state index contributed by atoms with van der Waals surface area (Å²) in [4.78, 5) is 43.9. The lowest BCUT2D eigenvalue weighted by atomic mass is 10.1. The lowest BCUT2D eigenvalue weighted by molar-refractivity contribution is -0.140. The third kappa shape index (κ3) is 5.03. The molecule has 4 rings (SSSR count). The number of carboxylic acids is 2. The second kappa shape index (κ2) is 9.52. The molecule has 2 heterocycles. The van der Waals surface area contributed by atoms with Crippen molar-refractivity contribution in [3.8, 4) is 11.4 Å². The highest BCUT2D eigenvalue weighted by molar-refractivity contribution is 6.12. The fourth-order valence-electron chi connectivity index (χ4n) is 3.42. The average Bonchev–Trinajstić information content (AvgIpc) is 3.23. The van der Waals surface area contributed by atoms with E-state index < -0.39 is 23.1 Å². The zero-order valence-corrected chi connectivity index (χ0v) is 18.9. The van der Waals surface area contributed by atoms with Crippen LogP contribution in [0.3, 0.4) is 0 Å². The molecule has 0 saturated carbocycles. The van der Waals surface area contributed by atoms with E-state index in [0.717, 1.165) is 22.7 Å². The molecule has 0 bridgehead atoms. The summed E-state index contributed by atoms with van der Waals surface area (Å²) in [7, 11) is 3.82. The van der Waals surface area contributed by atoms with Gasteiger partial charge in [0.15, 0.2) is 0 Å². The minimum atomic E-state index is -1.51. The molecule has 0 saturated heterocycles. The van der Waals surface area contributed by atoms with Crippen molar-refractivity contribution in [2.45, 2.75) is 0 Å². The molecule has 0 spiro atoms. The van der Waals surface area contributed by atoms with Gasteiger partial charge in [-0.3, -0.25) is 0 Å². The summed E-state index contributed by atoms with van der Waals surface area (Å²) >= 11 is 0. The number of aromatic amines is 1. The molecule has 35 heavy (non-hydrogen) atoms. The van der Waals surface area contributed by atoms with Crippen LogP contribution in [0.25, 0.3) is 39.5 Å². The van der Waals surface area contributed by atoms with Crippen molar-refractivity contribution in [1.82, 2.24) is 9.97 Å². The molecule has 0 unspecified atom stereocenters. The van der Waals surface area contributed by atoms with Gasteiger partial charge >= 0.3 is 17.6 Å². The number of hydrogen-bond donors (Lipinski definition) is 3. The van der Waals surface area contributed by atoms with Gasteiger partial charge < -0.3 is 24.5 Å². The molecule has 176 valence electrons. The number of rotatable bonds is 7. The Morgan fingerprint density at radius 2 is 1.77 bits per heavy atom. The van der Waals surface area contributed by atoms with Crippen LogP contribution in [-0.4, -0.2) is 46.2 Å². The predicted octanol–water partition coefficient (Wildman–Crippen LogP) is 4.07. The molecule has 4 aromatic rings. The largest absolute Gasteiger partial charge is 0.477 e. The summed E-state index contributed by atoms with van der Waals surface area (Å²) in [5.74, 6) is -2.62. The molecule has 0 aliphatic heterocycles. The van der Waals surface area contributed by atoms with Crippen LogP contribution in [0.5, 0.6) is 0 Å². The summed E-state index contributed by atoms with van der Waals surface area (Å²) in [6, 6.07) is 12.9. The van der Waals surface area contributed by atoms with Gasteiger partial charge in [0.25, 0.3) is 0 Å². The van der Waals surface area contributed by atoms with Crippen molar-refractivity contribution in [1.29, 1.82) is 0 Å². The number of hydrogen-bond acceptors (Lipinski definition) is 6. The van der Waals surface area contributed by atoms with Crippen molar-refractivity contribution >= 4 is 45.7 Å². The Morgan fingerprint density at radius 1 is 1.00 bits per heavy atom. The van der Waals surface area contributed by atoms with Crippen molar-refractivity contribution in [2.75, 3.05) is 19.0 Å². The van der Waals surface area contributed by atoms with Crippen molar-refractivity contribution in [3.63, 3.8) is 0 Å². The smallest absolute Gasteiger partial charge is 0.347 e. The van der Waals surface area contributed by atoms with Crippen LogP contribution >= 0.6 is 0 Å². The molecule has 0 atom stereocenters. The van der Waals surface area contributed by atoms with Crippen LogP contribution in [0, 0.1) is 0 Å². The van der Waals surface area contributed by atoms with Crippen molar-refractivity contribution < 1.29 is 24.2 Å². The lowest BCUT2D eigenvalue weighted by Crippen LogP contribution is -2.10. The van der Waals surface area contributed by atoms with Gasteiger partial charge in [-0.15, -0.1) is 0 Å². The van der Waals surface area contributed by atoms with Crippen LogP contribution < -0.4 is 10.5 Å². The fraction of sp³-hybridized carbons (Fsp3) is 0.0769. The summed E-state index contributed by atoms with van der Waals surface area (Å²) in [5.41, 5.74) is 2.73. The number of anilines is 1. The number of imidazole rings is 1. The Morgan fingerprint density at radius 3 is 2.49 bits per heavy atom. The van der Waals surface area contributed by atoms with Crippen LogP contribution in [0.1, 0.15) is 5.56 Å². The van der Waals surface area contributed by atoms with Crippen LogP contribution in [-0.2, 0) is 9.59 Å². The monoisotopic (exact) mass is 471 g/mol. The highest BCUT2D eigenvalue weighted by atomic mass is 16.4. The van der Waals surface area contributed by atoms with Crippen molar-refractivity contribution in [3.05, 3.63) is 88.3 Å². The minimum absolute atomic E-state index is 0.325. The van der Waals surface area contributed by atoms with Crippen LogP contribution in [0.4, 0.5) is 5.69 Å². The second-order valence-electron chi connectivity index (χ2n) is 7.86. The van der Waals surface area contributed by atoms with Gasteiger partial charge in [0.2, 0.25) is 0 Å². The van der Waals surface area contributed by atoms with E-state index in [4.69, 9.17) is 14.6 Å². The van der Waals surface area contributed by atoms with E-state index in [0.29, 0.717) is 28.0 Å². The normalized spacial score (nSPS) is 11.5. The summed E-state index contributed by atoms with van der Waals surface area (Å²) in [6.07, 6.45) is 7.28. The average molecular weight is 471 g/mol. The Labute approximate surface area is 198 Å². The van der Waals surface area contributed by atoms with E-state index in [1.807, 2.05) is 49.3 Å². The summed E-state index contributed by atoms with van der Waals surface area (Å²) in [6.45, 7) is 0. The number of H-pyrrole nitrogens is 1. The van der Waals surface area contributed by atoms with Gasteiger partial charge in [-0.05, 0) is 42.0 Å². The Hall–Kier alpha value is -4.92. The number of nitrogens with one attached hydrogen (secondary N) is 1. The molecule has 2 aromatic carbocycles. The number of carbonyl (C=O) groups is 2. The number of allylic oxidation sites excluding steroid dienone is 4. The number of benzene rings is 2. The zero-order chi connectivity index (χ0) is 25.1. The van der Waals surface area contributed by atoms with Gasteiger partial charge in [-0.2, -0.15) is 0 Å². The number of carboxylic acid groups (broad SMARTS) is 2. The SMILES string of the molecule is CN(C)c1ccc2cc(-c3nc4ccc(/C=C/C=C/C=C(C(=O)O)C(=O)O)cc4[nH]3)c(=O)oc2c1. The predicted molar refractivity (Wildman–Crippen MR) is 133 cm³/mol. The standard InChI is InChI=1S/C26H21N3O6/c1-29(2)17-10-9-16-13-19(26(34)35-22(16)14-17)23-27-20-11-8-15(12-21(20)28-23)6-4-3-5-7-18(24(30)31)25(32)33/h3-14H,1-2H3,(H,27,28)(H,30,31)(H,32,33)/b5-3+,6-4+. The molecular weight excluding hydrogens is 450 g/mol. The molecule has 0 aliphatic rings. The molecule has 0 fully saturated rings. The minimum Gasteiger partial charge on any atom is -0.477 e. The quantitative estimate of drug-likeness (QED) is 0.121. The molecule has 0 aliphatic carbocycles. The third-order valence-corrected chi connectivity index (χ3v) is 5.23. The maximum Gasteiger partial charge on any atom is 0.347 e. The van der Waals surface area contributed by atoms with E-state index in [1.54, 1.807) is 24.3 Å². The summed E-state index contributed by atoms with van der Waals surface area (Å²) < 4.78 is 5.54. The van der Waals surface area contributed by atoms with E-state index in [-0.39, 0.29) is 0 Å². The zero-order valence-electron chi connectivity index (χ0n) is 18.9. The third-order valence-electron chi connectivity index (χ3n) is 5.23. The highest BCUT2D eigenvalue weighted by Gasteiger charge is 2.14. The topological polar surface area (TPSA) is 137 Å². The Kier molecular flexibility index (Phi) is 6.32. The lowest BCUT2D eigenvalue weighted by Gasteiger charge is -2.12. The maximum atomic E-state index is 12.7. The first-order chi connectivity index (χ1) is 16.7. The Bertz CT molecular complexity index is 1590. The fourth-order valence-corrected chi connectivity index (χ4v) is 3.42. The van der Waals surface area contributed by atoms with E-state index in [9.17, 15) is 14.4 Å². The molecule has 9 heteroatoms. The van der Waals surface area contributed by atoms with Crippen LogP contribution in [0.15, 0.2) is 81.6 Å². The molecule has 0 radical (unpaired) electrons. The van der Waals surface area contributed by atoms with Crippen molar-refractivity contribution in [2.24, 2.45) is 0 Å². The molecule has 3 N–H and O–H groups in total. The highest BCUT2D eigenvalue weighted by Crippen LogP contribution is 2.25. The number of fused-ring (bicyclic) bond motifs is 2. The van der Waals surface area contributed by atoms with E-state index in [2.05, 4.69) is 9.97 Å². The molecular formula is C26H21N3O6. The van der Waals surface area contributed by atoms with Gasteiger partial charge in [0, 0.05) is 31.2 Å². The molecule has 2 aromatic heterocycles. The van der Waals surface area contributed by atoms with E-state index in [1.165, 1.54) is 12.2 Å². The number of aliphatic carboxylic acids is 2. The molecule has 0 amide bonds. The van der Waals surface area contributed by atoms with Gasteiger partial charge in [-0.25, -0.2) is 19.4 Å². The Balaban J connectivity index is 1.60. The first-order valence-corrected chi connectivity index (χ1v) is 10.5. The van der Waals surface area contributed by atoms with E-state index >= 15 is 0 Å². The first kappa shape index (κ1) is 23.2. The van der Waals surface area contributed by atoms with Gasteiger partial charge in [-0.1, -0.05) is 30.4 Å². The maximum absolute atomic E-state index is 12.7. The van der Waals surface area contributed by atoms with Gasteiger partial charge in [0.1, 0.15) is 22.5 Å². The first-order valence-electron chi connectivity index (χ1n) is 10.5.